The highest BCUT2D eigenvalue weighted by Crippen LogP contribution is 2.30. The Bertz CT molecular complexity index is 960. The highest BCUT2D eigenvalue weighted by atomic mass is 19.4. The van der Waals surface area contributed by atoms with Gasteiger partial charge in [0.2, 0.25) is 11.7 Å². The maximum atomic E-state index is 12.7. The maximum absolute atomic E-state index is 12.7. The zero-order valence-electron chi connectivity index (χ0n) is 15.5. The molecule has 1 amide bonds. The van der Waals surface area contributed by atoms with Crippen LogP contribution in [-0.4, -0.2) is 39.9 Å². The Hall–Kier alpha value is -2.92. The number of likely N-dealkylation sites (tertiary alicyclic amines) is 1. The van der Waals surface area contributed by atoms with E-state index in [1.807, 2.05) is 0 Å². The van der Waals surface area contributed by atoms with Gasteiger partial charge in [0.25, 0.3) is 0 Å². The van der Waals surface area contributed by atoms with Crippen molar-refractivity contribution in [2.45, 2.75) is 31.5 Å². The minimum Gasteiger partial charge on any atom is -0.344 e. The zero-order valence-corrected chi connectivity index (χ0v) is 15.5. The Morgan fingerprint density at radius 2 is 1.93 bits per heavy atom. The van der Waals surface area contributed by atoms with Gasteiger partial charge in [-0.05, 0) is 37.5 Å². The topological polar surface area (TPSA) is 72.1 Å². The fourth-order valence-corrected chi connectivity index (χ4v) is 3.00. The molecule has 1 fully saturated rings. The molecule has 2 heterocycles. The van der Waals surface area contributed by atoms with Crippen LogP contribution in [0.2, 0.25) is 0 Å². The number of rotatable bonds is 2. The van der Waals surface area contributed by atoms with E-state index in [1.54, 1.807) is 24.9 Å². The summed E-state index contributed by atoms with van der Waals surface area (Å²) in [5.41, 5.74) is 6.05. The normalized spacial score (nSPS) is 19.5. The van der Waals surface area contributed by atoms with Gasteiger partial charge in [0.15, 0.2) is 0 Å². The number of nitrogens with zero attached hydrogens (tertiary/aromatic N) is 3. The number of benzene rings is 1. The van der Waals surface area contributed by atoms with E-state index in [0.29, 0.717) is 29.9 Å². The molecule has 0 aliphatic carbocycles. The lowest BCUT2D eigenvalue weighted by Gasteiger charge is -2.18. The van der Waals surface area contributed by atoms with E-state index < -0.39 is 17.3 Å². The summed E-state index contributed by atoms with van der Waals surface area (Å²) in [6.07, 6.45) is -3.67. The van der Waals surface area contributed by atoms with Crippen molar-refractivity contribution >= 4 is 5.91 Å². The molecular formula is C20H19F3N4O. The van der Waals surface area contributed by atoms with Gasteiger partial charge in [0, 0.05) is 31.3 Å². The van der Waals surface area contributed by atoms with Gasteiger partial charge in [-0.25, -0.2) is 9.97 Å². The van der Waals surface area contributed by atoms with E-state index in [9.17, 15) is 18.0 Å². The summed E-state index contributed by atoms with van der Waals surface area (Å²) in [6, 6.07) is 6.43. The van der Waals surface area contributed by atoms with Gasteiger partial charge in [-0.15, -0.1) is 0 Å². The monoisotopic (exact) mass is 388 g/mol. The molecule has 2 N–H and O–H groups in total. The third kappa shape index (κ3) is 4.15. The van der Waals surface area contributed by atoms with Gasteiger partial charge in [-0.1, -0.05) is 18.1 Å². The zero-order chi connectivity index (χ0) is 20.5. The Labute approximate surface area is 160 Å². The number of hydrogen-bond donors (Lipinski definition) is 1. The smallest absolute Gasteiger partial charge is 0.344 e. The van der Waals surface area contributed by atoms with Crippen LogP contribution in [0.1, 0.15) is 29.9 Å². The lowest BCUT2D eigenvalue weighted by atomic mass is 9.95. The fraction of sp³-hybridized carbons (Fsp3) is 0.350. The maximum Gasteiger partial charge on any atom is 0.416 e. The molecule has 1 aromatic heterocycles. The first kappa shape index (κ1) is 19.8. The lowest BCUT2D eigenvalue weighted by molar-refractivity contribution is -0.137. The second-order valence-electron chi connectivity index (χ2n) is 6.90. The van der Waals surface area contributed by atoms with Crippen LogP contribution >= 0.6 is 0 Å². The summed E-state index contributed by atoms with van der Waals surface area (Å²) >= 11 is 0. The van der Waals surface area contributed by atoms with Gasteiger partial charge in [-0.3, -0.25) is 4.79 Å². The molecule has 1 aliphatic heterocycles. The van der Waals surface area contributed by atoms with Crippen LogP contribution in [0.4, 0.5) is 13.2 Å². The van der Waals surface area contributed by atoms with E-state index in [4.69, 9.17) is 5.73 Å². The largest absolute Gasteiger partial charge is 0.416 e. The standard InChI is InChI=1S/C20H19F3N4O/c1-13-12-16(14-5-7-15(8-6-14)20(21,22)23)26-17(25-13)4-3-9-19(24)10-11-27(2)18(19)28/h5-8,12H,9-11,24H2,1-2H3/t19-/m0/s1. The minimum atomic E-state index is -4.39. The number of hydrogen-bond acceptors (Lipinski definition) is 4. The van der Waals surface area contributed by atoms with Crippen molar-refractivity contribution in [1.82, 2.24) is 14.9 Å². The predicted octanol–water partition coefficient (Wildman–Crippen LogP) is 2.77. The third-order valence-corrected chi connectivity index (χ3v) is 4.63. The molecule has 0 saturated carbocycles. The second kappa shape index (κ2) is 7.24. The first-order valence-corrected chi connectivity index (χ1v) is 8.65. The van der Waals surface area contributed by atoms with E-state index in [-0.39, 0.29) is 18.2 Å². The third-order valence-electron chi connectivity index (χ3n) is 4.63. The number of alkyl halides is 3. The molecular weight excluding hydrogens is 369 g/mol. The average molecular weight is 388 g/mol. The van der Waals surface area contributed by atoms with Crippen molar-refractivity contribution in [3.63, 3.8) is 0 Å². The van der Waals surface area contributed by atoms with Crippen LogP contribution in [0, 0.1) is 18.8 Å². The Kier molecular flexibility index (Phi) is 5.13. The first-order chi connectivity index (χ1) is 13.1. The molecule has 5 nitrogen and oxygen atoms in total. The SMILES string of the molecule is Cc1cc(-c2ccc(C(F)(F)F)cc2)nc(C#CC[C@]2(N)CCN(C)C2=O)n1. The molecule has 28 heavy (non-hydrogen) atoms. The van der Waals surface area contributed by atoms with Gasteiger partial charge < -0.3 is 10.6 Å². The summed E-state index contributed by atoms with van der Waals surface area (Å²) < 4.78 is 38.2. The lowest BCUT2D eigenvalue weighted by Crippen LogP contribution is -2.46. The summed E-state index contributed by atoms with van der Waals surface area (Å²) in [4.78, 5) is 22.2. The van der Waals surface area contributed by atoms with Crippen LogP contribution in [0.15, 0.2) is 30.3 Å². The van der Waals surface area contributed by atoms with Crippen molar-refractivity contribution in [3.8, 4) is 23.1 Å². The molecule has 146 valence electrons. The van der Waals surface area contributed by atoms with Crippen molar-refractivity contribution in [3.05, 3.63) is 47.4 Å². The van der Waals surface area contributed by atoms with Gasteiger partial charge in [-0.2, -0.15) is 13.2 Å². The number of carbonyl (C=O) groups excluding carboxylic acids is 1. The molecule has 0 bridgehead atoms. The number of carbonyl (C=O) groups is 1. The number of amides is 1. The van der Waals surface area contributed by atoms with Crippen LogP contribution in [0.3, 0.4) is 0 Å². The summed E-state index contributed by atoms with van der Waals surface area (Å²) in [7, 11) is 1.70. The fourth-order valence-electron chi connectivity index (χ4n) is 3.00. The molecule has 1 aliphatic rings. The molecule has 1 atom stereocenters. The van der Waals surface area contributed by atoms with Crippen molar-refractivity contribution in [2.24, 2.45) is 5.73 Å². The van der Waals surface area contributed by atoms with Gasteiger partial charge in [0.1, 0.15) is 5.54 Å². The van der Waals surface area contributed by atoms with Crippen LogP contribution in [-0.2, 0) is 11.0 Å². The summed E-state index contributed by atoms with van der Waals surface area (Å²) in [6.45, 7) is 2.34. The Morgan fingerprint density at radius 3 is 2.50 bits per heavy atom. The first-order valence-electron chi connectivity index (χ1n) is 8.65. The van der Waals surface area contributed by atoms with E-state index in [0.717, 1.165) is 12.1 Å². The Morgan fingerprint density at radius 1 is 1.25 bits per heavy atom. The molecule has 2 aromatic rings. The summed E-state index contributed by atoms with van der Waals surface area (Å²) in [5, 5.41) is 0. The van der Waals surface area contributed by atoms with Gasteiger partial charge >= 0.3 is 6.18 Å². The molecule has 0 unspecified atom stereocenters. The van der Waals surface area contributed by atoms with Crippen LogP contribution in [0.5, 0.6) is 0 Å². The number of likely N-dealkylation sites (N-methyl/N-ethyl adjacent to an activating group) is 1. The van der Waals surface area contributed by atoms with Crippen molar-refractivity contribution in [1.29, 1.82) is 0 Å². The van der Waals surface area contributed by atoms with E-state index >= 15 is 0 Å². The molecule has 0 spiro atoms. The van der Waals surface area contributed by atoms with Crippen LogP contribution < -0.4 is 5.73 Å². The quantitative estimate of drug-likeness (QED) is 0.803. The molecule has 0 radical (unpaired) electrons. The molecule has 1 aromatic carbocycles. The predicted molar refractivity (Wildman–Crippen MR) is 97.9 cm³/mol. The van der Waals surface area contributed by atoms with Crippen molar-refractivity contribution in [2.75, 3.05) is 13.6 Å². The average Bonchev–Trinajstić information content (AvgIpc) is 2.88. The molecule has 3 rings (SSSR count). The number of aromatic nitrogens is 2. The van der Waals surface area contributed by atoms with E-state index in [2.05, 4.69) is 21.8 Å². The van der Waals surface area contributed by atoms with E-state index in [1.165, 1.54) is 12.1 Å². The number of aryl methyl sites for hydroxylation is 1. The Balaban J connectivity index is 1.82. The second-order valence-corrected chi connectivity index (χ2v) is 6.90. The number of nitrogens with two attached hydrogens (primary N) is 1. The number of halogens is 3. The molecule has 8 heteroatoms. The van der Waals surface area contributed by atoms with Crippen LogP contribution in [0.25, 0.3) is 11.3 Å². The van der Waals surface area contributed by atoms with Crippen molar-refractivity contribution < 1.29 is 18.0 Å². The molecule has 1 saturated heterocycles. The highest BCUT2D eigenvalue weighted by molar-refractivity contribution is 5.88. The minimum absolute atomic E-state index is 0.141. The summed E-state index contributed by atoms with van der Waals surface area (Å²) in [5.74, 6) is 5.78. The highest BCUT2D eigenvalue weighted by Gasteiger charge is 2.41. The van der Waals surface area contributed by atoms with Gasteiger partial charge in [0.05, 0.1) is 11.3 Å².